The van der Waals surface area contributed by atoms with Crippen LogP contribution in [-0.4, -0.2) is 30.2 Å². The fourth-order valence-corrected chi connectivity index (χ4v) is 2.61. The molecule has 2 N–H and O–H groups in total. The van der Waals surface area contributed by atoms with E-state index in [-0.39, 0.29) is 22.8 Å². The molecule has 0 aliphatic heterocycles. The molecule has 0 radical (unpaired) electrons. The summed E-state index contributed by atoms with van der Waals surface area (Å²) in [5.74, 6) is 0.436. The molecular formula is C17H11N5O3. The van der Waals surface area contributed by atoms with E-state index in [2.05, 4.69) is 20.2 Å². The molecular weight excluding hydrogens is 322 g/mol. The lowest BCUT2D eigenvalue weighted by Gasteiger charge is -2.02. The number of nitrogens with one attached hydrogen (secondary N) is 1. The van der Waals surface area contributed by atoms with E-state index in [0.29, 0.717) is 11.5 Å². The van der Waals surface area contributed by atoms with Gasteiger partial charge in [-0.25, -0.2) is 4.98 Å². The van der Waals surface area contributed by atoms with Crippen LogP contribution in [0.1, 0.15) is 0 Å². The summed E-state index contributed by atoms with van der Waals surface area (Å²) in [5, 5.41) is 29.7. The number of rotatable bonds is 3. The number of non-ortho nitro benzene ring substituents is 1. The number of aromatic nitrogens is 4. The third-order valence-corrected chi connectivity index (χ3v) is 3.82. The Labute approximate surface area is 141 Å². The highest BCUT2D eigenvalue weighted by atomic mass is 16.6. The Morgan fingerprint density at radius 1 is 1.12 bits per heavy atom. The number of fused-ring (bicyclic) bond motifs is 1. The maximum atomic E-state index is 10.9. The van der Waals surface area contributed by atoms with E-state index in [4.69, 9.17) is 0 Å². The van der Waals surface area contributed by atoms with Crippen molar-refractivity contribution in [3.63, 3.8) is 0 Å². The molecule has 0 saturated heterocycles. The molecule has 0 spiro atoms. The van der Waals surface area contributed by atoms with Crippen molar-refractivity contribution >= 4 is 16.5 Å². The molecule has 0 unspecified atom stereocenters. The molecule has 4 aromatic rings. The van der Waals surface area contributed by atoms with Crippen LogP contribution in [-0.2, 0) is 0 Å². The van der Waals surface area contributed by atoms with Crippen LogP contribution in [0, 0.1) is 10.1 Å². The van der Waals surface area contributed by atoms with Crippen LogP contribution in [0.3, 0.4) is 0 Å². The second kappa shape index (κ2) is 5.68. The van der Waals surface area contributed by atoms with E-state index in [1.807, 2.05) is 30.3 Å². The lowest BCUT2D eigenvalue weighted by molar-refractivity contribution is -0.384. The van der Waals surface area contributed by atoms with Gasteiger partial charge in [0.2, 0.25) is 0 Å². The van der Waals surface area contributed by atoms with E-state index >= 15 is 0 Å². The van der Waals surface area contributed by atoms with Crippen LogP contribution in [0.5, 0.6) is 5.75 Å². The summed E-state index contributed by atoms with van der Waals surface area (Å²) < 4.78 is 0. The molecule has 122 valence electrons. The fourth-order valence-electron chi connectivity index (χ4n) is 2.61. The molecule has 0 fully saturated rings. The quantitative estimate of drug-likeness (QED) is 0.439. The van der Waals surface area contributed by atoms with E-state index in [0.717, 1.165) is 10.8 Å². The van der Waals surface area contributed by atoms with Crippen molar-refractivity contribution in [3.8, 4) is 28.7 Å². The van der Waals surface area contributed by atoms with Crippen LogP contribution >= 0.6 is 0 Å². The summed E-state index contributed by atoms with van der Waals surface area (Å²) in [6.07, 6.45) is 1.67. The van der Waals surface area contributed by atoms with Gasteiger partial charge in [0.15, 0.2) is 11.6 Å². The minimum absolute atomic E-state index is 0.137. The first-order valence-electron chi connectivity index (χ1n) is 7.38. The summed E-state index contributed by atoms with van der Waals surface area (Å²) in [6.45, 7) is 0. The van der Waals surface area contributed by atoms with Gasteiger partial charge in [-0.3, -0.25) is 20.2 Å². The minimum Gasteiger partial charge on any atom is -0.507 e. The SMILES string of the molecule is O=[N+]([O-])c1ccc(O)c(-c2n[nH]c(-c3nccc4ccccc34)n2)c1. The zero-order valence-electron chi connectivity index (χ0n) is 12.7. The number of hydrogen-bond donors (Lipinski definition) is 2. The summed E-state index contributed by atoms with van der Waals surface area (Å²) in [4.78, 5) is 19.1. The molecule has 0 saturated carbocycles. The number of nitrogens with zero attached hydrogens (tertiary/aromatic N) is 4. The van der Waals surface area contributed by atoms with Gasteiger partial charge in [0.1, 0.15) is 11.4 Å². The first-order chi connectivity index (χ1) is 12.1. The van der Waals surface area contributed by atoms with Gasteiger partial charge in [-0.05, 0) is 17.5 Å². The number of hydrogen-bond acceptors (Lipinski definition) is 6. The molecule has 8 nitrogen and oxygen atoms in total. The first-order valence-corrected chi connectivity index (χ1v) is 7.38. The van der Waals surface area contributed by atoms with Gasteiger partial charge in [0.05, 0.1) is 10.5 Å². The maximum absolute atomic E-state index is 10.9. The monoisotopic (exact) mass is 333 g/mol. The molecule has 0 aliphatic rings. The van der Waals surface area contributed by atoms with Crippen molar-refractivity contribution in [2.24, 2.45) is 0 Å². The highest BCUT2D eigenvalue weighted by Gasteiger charge is 2.17. The second-order valence-electron chi connectivity index (χ2n) is 5.35. The minimum atomic E-state index is -0.539. The van der Waals surface area contributed by atoms with Crippen LogP contribution in [0.2, 0.25) is 0 Å². The lowest BCUT2D eigenvalue weighted by Crippen LogP contribution is -1.90. The topological polar surface area (TPSA) is 118 Å². The van der Waals surface area contributed by atoms with Gasteiger partial charge in [-0.2, -0.15) is 5.10 Å². The lowest BCUT2D eigenvalue weighted by atomic mass is 10.1. The molecule has 8 heteroatoms. The molecule has 0 bridgehead atoms. The van der Waals surface area contributed by atoms with Gasteiger partial charge >= 0.3 is 0 Å². The van der Waals surface area contributed by atoms with E-state index < -0.39 is 4.92 Å². The molecule has 0 amide bonds. The fraction of sp³-hybridized carbons (Fsp3) is 0. The van der Waals surface area contributed by atoms with E-state index in [1.54, 1.807) is 6.20 Å². The molecule has 2 aromatic carbocycles. The second-order valence-corrected chi connectivity index (χ2v) is 5.35. The number of benzene rings is 2. The van der Waals surface area contributed by atoms with Crippen LogP contribution in [0.4, 0.5) is 5.69 Å². The maximum Gasteiger partial charge on any atom is 0.270 e. The summed E-state index contributed by atoms with van der Waals surface area (Å²) in [6, 6.07) is 13.3. The summed E-state index contributed by atoms with van der Waals surface area (Å²) in [7, 11) is 0. The number of aromatic amines is 1. The standard InChI is InChI=1S/C17H11N5O3/c23-14-6-5-11(22(24)25)9-13(14)16-19-17(21-20-16)15-12-4-2-1-3-10(12)7-8-18-15/h1-9,23H,(H,19,20,21). The average Bonchev–Trinajstić information content (AvgIpc) is 3.11. The largest absolute Gasteiger partial charge is 0.507 e. The Balaban J connectivity index is 1.83. The Kier molecular flexibility index (Phi) is 3.35. The number of H-pyrrole nitrogens is 1. The Bertz CT molecular complexity index is 1100. The van der Waals surface area contributed by atoms with Crippen molar-refractivity contribution in [3.05, 3.63) is 64.8 Å². The smallest absolute Gasteiger partial charge is 0.270 e. The number of phenols is 1. The Morgan fingerprint density at radius 2 is 1.96 bits per heavy atom. The first kappa shape index (κ1) is 14.8. The predicted octanol–water partition coefficient (Wildman–Crippen LogP) is 3.30. The number of nitro groups is 1. The third kappa shape index (κ3) is 2.55. The molecule has 4 rings (SSSR count). The van der Waals surface area contributed by atoms with E-state index in [1.165, 1.54) is 18.2 Å². The van der Waals surface area contributed by atoms with Gasteiger partial charge in [0.25, 0.3) is 5.69 Å². The van der Waals surface area contributed by atoms with E-state index in [9.17, 15) is 15.2 Å². The third-order valence-electron chi connectivity index (χ3n) is 3.82. The molecule has 0 aliphatic carbocycles. The summed E-state index contributed by atoms with van der Waals surface area (Å²) in [5.41, 5.74) is 0.640. The Hall–Kier alpha value is -3.81. The number of nitro benzene ring substituents is 1. The van der Waals surface area contributed by atoms with Gasteiger partial charge in [-0.1, -0.05) is 24.3 Å². The zero-order valence-corrected chi connectivity index (χ0v) is 12.7. The van der Waals surface area contributed by atoms with Gasteiger partial charge < -0.3 is 5.11 Å². The van der Waals surface area contributed by atoms with Gasteiger partial charge in [0, 0.05) is 23.7 Å². The number of phenolic OH excluding ortho intramolecular Hbond substituents is 1. The molecule has 25 heavy (non-hydrogen) atoms. The highest BCUT2D eigenvalue weighted by molar-refractivity contribution is 5.93. The van der Waals surface area contributed by atoms with Crippen molar-refractivity contribution in [2.45, 2.75) is 0 Å². The van der Waals surface area contributed by atoms with Crippen molar-refractivity contribution in [2.75, 3.05) is 0 Å². The number of aromatic hydroxyl groups is 1. The van der Waals surface area contributed by atoms with Crippen LogP contribution in [0.15, 0.2) is 54.7 Å². The predicted molar refractivity (Wildman–Crippen MR) is 90.9 cm³/mol. The number of pyridine rings is 1. The molecule has 2 aromatic heterocycles. The van der Waals surface area contributed by atoms with Gasteiger partial charge in [-0.15, -0.1) is 0 Å². The normalized spacial score (nSPS) is 10.9. The molecule has 2 heterocycles. The van der Waals surface area contributed by atoms with Crippen LogP contribution in [0.25, 0.3) is 33.7 Å². The Morgan fingerprint density at radius 3 is 2.80 bits per heavy atom. The molecule has 0 atom stereocenters. The van der Waals surface area contributed by atoms with Crippen molar-refractivity contribution < 1.29 is 10.0 Å². The summed E-state index contributed by atoms with van der Waals surface area (Å²) >= 11 is 0. The van der Waals surface area contributed by atoms with Crippen LogP contribution < -0.4 is 0 Å². The zero-order chi connectivity index (χ0) is 17.4. The highest BCUT2D eigenvalue weighted by Crippen LogP contribution is 2.32. The average molecular weight is 333 g/mol. The van der Waals surface area contributed by atoms with Crippen molar-refractivity contribution in [1.82, 2.24) is 20.2 Å². The van der Waals surface area contributed by atoms with Crippen molar-refractivity contribution in [1.29, 1.82) is 0 Å².